The van der Waals surface area contributed by atoms with Crippen molar-refractivity contribution in [2.45, 2.75) is 138 Å². The van der Waals surface area contributed by atoms with E-state index in [9.17, 15) is 14.7 Å². The Kier molecular flexibility index (Phi) is 8.86. The number of amides is 2. The third-order valence-electron chi connectivity index (χ3n) is 12.5. The van der Waals surface area contributed by atoms with Crippen LogP contribution in [0.3, 0.4) is 0 Å². The highest BCUT2D eigenvalue weighted by molar-refractivity contribution is 6.80. The number of allylic oxidation sites excluding steroid dienone is 1. The molecule has 3 aliphatic carbocycles. The Labute approximate surface area is 253 Å². The Morgan fingerprint density at radius 3 is 2.50 bits per heavy atom. The summed E-state index contributed by atoms with van der Waals surface area (Å²) < 4.78 is 18.1. The van der Waals surface area contributed by atoms with Crippen LogP contribution in [-0.2, 0) is 19.0 Å². The number of methoxy groups -OCH3 is 1. The van der Waals surface area contributed by atoms with Gasteiger partial charge in [0.25, 0.3) is 5.91 Å². The summed E-state index contributed by atoms with van der Waals surface area (Å²) in [6.45, 7) is 9.39. The molecule has 0 aromatic rings. The molecule has 2 unspecified atom stereocenters. The van der Waals surface area contributed by atoms with Crippen molar-refractivity contribution in [1.82, 2.24) is 9.80 Å². The first-order valence-electron chi connectivity index (χ1n) is 17.0. The molecular formula is C33H54N2O6Si. The minimum Gasteiger partial charge on any atom is -0.448 e. The molecule has 236 valence electrons. The molecule has 2 saturated heterocycles. The molecule has 0 radical (unpaired) electrons. The Hall–Kier alpha value is -1.42. The Morgan fingerprint density at radius 2 is 1.81 bits per heavy atom. The molecule has 6 rings (SSSR count). The molecule has 0 aromatic carbocycles. The number of aliphatic hydroxyl groups excluding tert-OH is 1. The number of carbonyl (C=O) groups excluding carboxylic acids is 2. The lowest BCUT2D eigenvalue weighted by Gasteiger charge is -2.44. The van der Waals surface area contributed by atoms with Gasteiger partial charge in [0.15, 0.2) is 5.60 Å². The quantitative estimate of drug-likeness (QED) is 0.350. The Morgan fingerprint density at radius 1 is 1.05 bits per heavy atom. The van der Waals surface area contributed by atoms with Gasteiger partial charge in [0.1, 0.15) is 6.61 Å². The third kappa shape index (κ3) is 5.08. The molecule has 3 heterocycles. The predicted octanol–water partition coefficient (Wildman–Crippen LogP) is 5.86. The van der Waals surface area contributed by atoms with Crippen molar-refractivity contribution in [3.05, 3.63) is 11.3 Å². The molecule has 6 aliphatic rings. The van der Waals surface area contributed by atoms with Gasteiger partial charge in [0, 0.05) is 37.9 Å². The Bertz CT molecular complexity index is 1060. The van der Waals surface area contributed by atoms with Gasteiger partial charge in [0.05, 0.1) is 26.8 Å². The maximum absolute atomic E-state index is 14.9. The van der Waals surface area contributed by atoms with Crippen molar-refractivity contribution >= 4 is 20.1 Å². The van der Waals surface area contributed by atoms with E-state index in [0.717, 1.165) is 70.8 Å². The van der Waals surface area contributed by atoms with E-state index < -0.39 is 13.7 Å². The maximum Gasteiger partial charge on any atom is 0.410 e. The number of hydrogen-bond donors (Lipinski definition) is 1. The second-order valence-electron chi connectivity index (χ2n) is 14.8. The van der Waals surface area contributed by atoms with Gasteiger partial charge in [0.2, 0.25) is 0 Å². The molecule has 0 aromatic heterocycles. The van der Waals surface area contributed by atoms with Crippen molar-refractivity contribution in [2.24, 2.45) is 11.8 Å². The standard InChI is InChI=1S/C33H54N2O6Si/c1-22-30(42(3,4)26-14-12-25(39-2)13-15-26)29(16-18-36)41-33(22)27-10-5-6-11-28(27)35(31(33)37)21-23-8-7-9-24(20-23)34-17-19-40-32(34)38/h22-26,29-30,36H,5-21H2,1-4H3/t22-,23?,24?,25?,26?,29+,30-,33+/m1/s1. The number of nitrogens with zero attached hydrogens (tertiary/aromatic N) is 2. The van der Waals surface area contributed by atoms with Gasteiger partial charge in [-0.05, 0) is 86.8 Å². The van der Waals surface area contributed by atoms with Gasteiger partial charge in [-0.3, -0.25) is 4.79 Å². The lowest BCUT2D eigenvalue weighted by atomic mass is 9.78. The molecule has 4 fully saturated rings. The lowest BCUT2D eigenvalue weighted by molar-refractivity contribution is -0.150. The van der Waals surface area contributed by atoms with Crippen LogP contribution in [0.4, 0.5) is 4.79 Å². The van der Waals surface area contributed by atoms with Crippen molar-refractivity contribution in [3.63, 3.8) is 0 Å². The molecule has 8 nitrogen and oxygen atoms in total. The maximum atomic E-state index is 14.9. The van der Waals surface area contributed by atoms with Crippen molar-refractivity contribution in [2.75, 3.05) is 33.4 Å². The van der Waals surface area contributed by atoms with E-state index in [1.54, 1.807) is 0 Å². The first-order chi connectivity index (χ1) is 20.2. The second kappa shape index (κ2) is 12.2. The van der Waals surface area contributed by atoms with E-state index in [2.05, 4.69) is 24.9 Å². The van der Waals surface area contributed by atoms with Gasteiger partial charge < -0.3 is 29.1 Å². The van der Waals surface area contributed by atoms with E-state index in [0.29, 0.717) is 42.7 Å². The van der Waals surface area contributed by atoms with Gasteiger partial charge in [-0.15, -0.1) is 0 Å². The zero-order chi connectivity index (χ0) is 29.6. The minimum atomic E-state index is -1.88. The van der Waals surface area contributed by atoms with Gasteiger partial charge in [-0.25, -0.2) is 4.79 Å². The van der Waals surface area contributed by atoms with Crippen molar-refractivity contribution in [3.8, 4) is 0 Å². The largest absolute Gasteiger partial charge is 0.448 e. The molecule has 1 spiro atoms. The van der Waals surface area contributed by atoms with Crippen LogP contribution in [-0.4, -0.2) is 92.2 Å². The summed E-state index contributed by atoms with van der Waals surface area (Å²) in [5.41, 5.74) is 2.64. The molecule has 0 bridgehead atoms. The van der Waals surface area contributed by atoms with Crippen LogP contribution in [0.25, 0.3) is 0 Å². The lowest BCUT2D eigenvalue weighted by Crippen LogP contribution is -2.51. The van der Waals surface area contributed by atoms with E-state index in [1.807, 2.05) is 12.0 Å². The molecular weight excluding hydrogens is 548 g/mol. The third-order valence-corrected chi connectivity index (χ3v) is 17.7. The van der Waals surface area contributed by atoms with Crippen LogP contribution in [0.2, 0.25) is 24.2 Å². The topological polar surface area (TPSA) is 88.5 Å². The van der Waals surface area contributed by atoms with Crippen LogP contribution in [0.5, 0.6) is 0 Å². The van der Waals surface area contributed by atoms with Crippen LogP contribution in [0.1, 0.15) is 90.4 Å². The fraction of sp³-hybridized carbons (Fsp3) is 0.879. The van der Waals surface area contributed by atoms with Crippen LogP contribution in [0, 0.1) is 11.8 Å². The molecule has 9 heteroatoms. The van der Waals surface area contributed by atoms with Crippen LogP contribution >= 0.6 is 0 Å². The summed E-state index contributed by atoms with van der Waals surface area (Å²) in [6, 6.07) is 0.213. The zero-order valence-corrected chi connectivity index (χ0v) is 27.4. The number of carbonyl (C=O) groups is 2. The fourth-order valence-electron chi connectivity index (χ4n) is 10.3. The van der Waals surface area contributed by atoms with Crippen molar-refractivity contribution < 1.29 is 28.9 Å². The van der Waals surface area contributed by atoms with E-state index in [1.165, 1.54) is 24.1 Å². The molecule has 2 saturated carbocycles. The molecule has 3 aliphatic heterocycles. The monoisotopic (exact) mass is 602 g/mol. The zero-order valence-electron chi connectivity index (χ0n) is 26.4. The smallest absolute Gasteiger partial charge is 0.410 e. The molecule has 2 amide bonds. The van der Waals surface area contributed by atoms with Crippen molar-refractivity contribution in [1.29, 1.82) is 0 Å². The summed E-state index contributed by atoms with van der Waals surface area (Å²) in [6.07, 6.45) is 13.6. The van der Waals surface area contributed by atoms with Crippen LogP contribution in [0.15, 0.2) is 11.3 Å². The fourth-order valence-corrected chi connectivity index (χ4v) is 15.4. The minimum absolute atomic E-state index is 0.0772. The average Bonchev–Trinajstić information content (AvgIpc) is 3.63. The highest BCUT2D eigenvalue weighted by atomic mass is 28.3. The summed E-state index contributed by atoms with van der Waals surface area (Å²) in [5, 5.41) is 10.2. The molecule has 6 atom stereocenters. The van der Waals surface area contributed by atoms with E-state index in [4.69, 9.17) is 14.2 Å². The van der Waals surface area contributed by atoms with E-state index in [-0.39, 0.29) is 36.7 Å². The first kappa shape index (κ1) is 30.6. The van der Waals surface area contributed by atoms with Crippen LogP contribution < -0.4 is 0 Å². The highest BCUT2D eigenvalue weighted by Gasteiger charge is 2.67. The molecule has 1 N–H and O–H groups in total. The normalized spacial score (nSPS) is 39.4. The average molecular weight is 603 g/mol. The predicted molar refractivity (Wildman–Crippen MR) is 164 cm³/mol. The summed E-state index contributed by atoms with van der Waals surface area (Å²) in [4.78, 5) is 31.2. The molecule has 42 heavy (non-hydrogen) atoms. The van der Waals surface area contributed by atoms with Gasteiger partial charge >= 0.3 is 6.09 Å². The highest BCUT2D eigenvalue weighted by Crippen LogP contribution is 2.61. The van der Waals surface area contributed by atoms with E-state index >= 15 is 0 Å². The number of cyclic esters (lactones) is 1. The summed E-state index contributed by atoms with van der Waals surface area (Å²) >= 11 is 0. The first-order valence-corrected chi connectivity index (χ1v) is 20.2. The number of aliphatic hydroxyl groups is 1. The SMILES string of the molecule is COC1CCC([Si](C)(C)[C@H]2[C@H](CCO)O[C@@]3(C(=O)N(CC4CCCC(N5CCOC5=O)C4)C4=C3CCCC4)[C@@H]2C)CC1. The number of hydrogen-bond acceptors (Lipinski definition) is 6. The number of rotatable bonds is 8. The number of fused-ring (bicyclic) bond motifs is 1. The second-order valence-corrected chi connectivity index (χ2v) is 19.9. The Balaban J connectivity index is 1.26. The van der Waals surface area contributed by atoms with Gasteiger partial charge in [-0.2, -0.15) is 0 Å². The number of ether oxygens (including phenoxy) is 3. The summed E-state index contributed by atoms with van der Waals surface area (Å²) in [5.74, 6) is 0.646. The summed E-state index contributed by atoms with van der Waals surface area (Å²) in [7, 11) is -0.0489. The van der Waals surface area contributed by atoms with Gasteiger partial charge in [-0.1, -0.05) is 39.3 Å².